The first-order valence-electron chi connectivity index (χ1n) is 8.63. The average molecular weight is 440 g/mol. The Balaban J connectivity index is 1.71. The van der Waals surface area contributed by atoms with Crippen LogP contribution in [0.3, 0.4) is 0 Å². The molecule has 3 aromatic rings. The molecule has 0 aliphatic carbocycles. The first-order valence-corrected chi connectivity index (χ1v) is 10.2. The first-order chi connectivity index (χ1) is 13.9. The van der Waals surface area contributed by atoms with Gasteiger partial charge in [-0.25, -0.2) is 4.98 Å². The van der Waals surface area contributed by atoms with Crippen LogP contribution in [0.15, 0.2) is 29.1 Å². The number of anilines is 1. The minimum Gasteiger partial charge on any atom is -0.386 e. The molecule has 29 heavy (non-hydrogen) atoms. The van der Waals surface area contributed by atoms with Crippen LogP contribution in [0.25, 0.3) is 22.6 Å². The summed E-state index contributed by atoms with van der Waals surface area (Å²) in [6.45, 7) is 0.00901. The Bertz CT molecular complexity index is 1180. The minimum atomic E-state index is -2.71. The van der Waals surface area contributed by atoms with E-state index in [1.54, 1.807) is 24.3 Å². The summed E-state index contributed by atoms with van der Waals surface area (Å²) in [6.07, 6.45) is -3.72. The summed E-state index contributed by atoms with van der Waals surface area (Å²) in [7, 11) is -2.71. The molecule has 11 nitrogen and oxygen atoms in total. The number of nitrogens with zero attached hydrogens (tertiary/aromatic N) is 3. The summed E-state index contributed by atoms with van der Waals surface area (Å²) in [5.74, 6) is 0.206. The van der Waals surface area contributed by atoms with Gasteiger partial charge in [-0.2, -0.15) is 4.98 Å². The summed E-state index contributed by atoms with van der Waals surface area (Å²) >= 11 is 5.98. The Labute approximate surface area is 168 Å². The van der Waals surface area contributed by atoms with Crippen LogP contribution in [0.1, 0.15) is 6.23 Å². The molecule has 0 bridgehead atoms. The zero-order chi connectivity index (χ0) is 20.3. The molecule has 4 N–H and O–H groups in total. The summed E-state index contributed by atoms with van der Waals surface area (Å²) in [6, 6.07) is 6.76. The van der Waals surface area contributed by atoms with E-state index in [1.807, 2.05) is 0 Å². The SMILES string of the molecule is Nc1nc2c(nc(-c3ccc(Cl)cc3)n2[C@@H]2OC3CO[PH](=O)O[C@H]3C2O)c(=O)[nH]1. The number of ether oxygens (including phenoxy) is 1. The number of benzene rings is 1. The fourth-order valence-corrected chi connectivity index (χ4v) is 4.56. The van der Waals surface area contributed by atoms with Crippen LogP contribution >= 0.6 is 19.9 Å². The van der Waals surface area contributed by atoms with E-state index in [-0.39, 0.29) is 23.7 Å². The van der Waals surface area contributed by atoms with Crippen LogP contribution in [0.2, 0.25) is 5.02 Å². The number of aromatic amines is 1. The number of nitrogens with one attached hydrogen (secondary N) is 1. The molecule has 152 valence electrons. The second-order valence-electron chi connectivity index (χ2n) is 6.63. The van der Waals surface area contributed by atoms with Crippen molar-refractivity contribution in [1.29, 1.82) is 0 Å². The Kier molecular flexibility index (Phi) is 4.46. The van der Waals surface area contributed by atoms with Gasteiger partial charge >= 0.3 is 8.25 Å². The first kappa shape index (κ1) is 18.7. The Morgan fingerprint density at radius 1 is 1.31 bits per heavy atom. The highest BCUT2D eigenvalue weighted by Gasteiger charge is 2.50. The average Bonchev–Trinajstić information content (AvgIpc) is 3.21. The van der Waals surface area contributed by atoms with Crippen LogP contribution < -0.4 is 11.3 Å². The number of nitrogen functional groups attached to an aromatic ring is 1. The van der Waals surface area contributed by atoms with Gasteiger partial charge in [0.25, 0.3) is 5.56 Å². The molecular weight excluding hydrogens is 425 g/mol. The molecule has 0 amide bonds. The zero-order valence-corrected chi connectivity index (χ0v) is 16.4. The quantitative estimate of drug-likeness (QED) is 0.497. The molecule has 3 unspecified atom stereocenters. The highest BCUT2D eigenvalue weighted by atomic mass is 35.5. The fraction of sp³-hybridized carbons (Fsp3) is 0.312. The lowest BCUT2D eigenvalue weighted by molar-refractivity contribution is -0.0546. The number of aliphatic hydroxyl groups excluding tert-OH is 1. The Morgan fingerprint density at radius 3 is 2.83 bits per heavy atom. The molecule has 5 rings (SSSR count). The monoisotopic (exact) mass is 439 g/mol. The van der Waals surface area contributed by atoms with E-state index in [0.29, 0.717) is 16.4 Å². The van der Waals surface area contributed by atoms with Gasteiger partial charge in [-0.15, -0.1) is 0 Å². The van der Waals surface area contributed by atoms with Crippen LogP contribution in [0.4, 0.5) is 5.95 Å². The summed E-state index contributed by atoms with van der Waals surface area (Å²) in [5.41, 5.74) is 5.96. The third-order valence-electron chi connectivity index (χ3n) is 4.83. The van der Waals surface area contributed by atoms with E-state index in [2.05, 4.69) is 15.0 Å². The van der Waals surface area contributed by atoms with Gasteiger partial charge in [-0.1, -0.05) is 11.6 Å². The van der Waals surface area contributed by atoms with Gasteiger partial charge in [-0.05, 0) is 24.3 Å². The molecule has 2 aliphatic heterocycles. The number of hydrogen-bond acceptors (Lipinski definition) is 9. The van der Waals surface area contributed by atoms with Gasteiger partial charge in [0.15, 0.2) is 17.4 Å². The summed E-state index contributed by atoms with van der Waals surface area (Å²) < 4.78 is 29.3. The third-order valence-corrected chi connectivity index (χ3v) is 5.95. The molecule has 2 fully saturated rings. The van der Waals surface area contributed by atoms with E-state index in [0.717, 1.165) is 0 Å². The van der Waals surface area contributed by atoms with Gasteiger partial charge in [0.05, 0.1) is 6.61 Å². The molecular formula is C16H15ClN5O6P. The third kappa shape index (κ3) is 3.07. The van der Waals surface area contributed by atoms with Crippen molar-refractivity contribution in [2.75, 3.05) is 12.3 Å². The number of aliphatic hydroxyl groups is 1. The van der Waals surface area contributed by atoms with Crippen molar-refractivity contribution in [3.8, 4) is 11.4 Å². The van der Waals surface area contributed by atoms with E-state index in [4.69, 9.17) is 31.1 Å². The molecule has 0 radical (unpaired) electrons. The summed E-state index contributed by atoms with van der Waals surface area (Å²) in [4.78, 5) is 23.4. The van der Waals surface area contributed by atoms with Crippen molar-refractivity contribution in [1.82, 2.24) is 19.5 Å². The van der Waals surface area contributed by atoms with Crippen molar-refractivity contribution in [3.63, 3.8) is 0 Å². The van der Waals surface area contributed by atoms with Crippen molar-refractivity contribution >= 4 is 37.0 Å². The smallest absolute Gasteiger partial charge is 0.319 e. The standard InChI is InChI=1S/C16H15ClN5O6P/c17-7-3-1-6(2-4-7)12-19-9-13(20-16(18)21-14(9)24)22(12)15-10(23)11-8(27-15)5-26-29(25)28-11/h1-4,8,10-11,15,23,29H,5H2,(H3,18,20,21,24)/t8?,10?,11-,15-/m1/s1. The maximum atomic E-state index is 12.4. The highest BCUT2D eigenvalue weighted by molar-refractivity contribution is 7.33. The largest absolute Gasteiger partial charge is 0.386 e. The van der Waals surface area contributed by atoms with Crippen molar-refractivity contribution in [2.45, 2.75) is 24.5 Å². The lowest BCUT2D eigenvalue weighted by Crippen LogP contribution is -2.37. The molecule has 2 aromatic heterocycles. The second kappa shape index (κ2) is 6.91. The van der Waals surface area contributed by atoms with Crippen molar-refractivity contribution in [3.05, 3.63) is 39.6 Å². The predicted octanol–water partition coefficient (Wildman–Crippen LogP) is 1.09. The topological polar surface area (TPSA) is 155 Å². The van der Waals surface area contributed by atoms with Gasteiger partial charge in [-0.3, -0.25) is 18.9 Å². The molecule has 13 heteroatoms. The van der Waals surface area contributed by atoms with E-state index >= 15 is 0 Å². The number of rotatable bonds is 2. The van der Waals surface area contributed by atoms with Crippen LogP contribution in [-0.4, -0.2) is 49.5 Å². The lowest BCUT2D eigenvalue weighted by atomic mass is 10.1. The van der Waals surface area contributed by atoms with E-state index in [1.165, 1.54) is 4.57 Å². The maximum absolute atomic E-state index is 12.4. The van der Waals surface area contributed by atoms with Crippen LogP contribution in [-0.2, 0) is 18.3 Å². The molecule has 2 saturated heterocycles. The lowest BCUT2D eigenvalue weighted by Gasteiger charge is -2.24. The zero-order valence-electron chi connectivity index (χ0n) is 14.6. The van der Waals surface area contributed by atoms with Crippen molar-refractivity contribution in [2.24, 2.45) is 0 Å². The minimum absolute atomic E-state index is 0.00901. The van der Waals surface area contributed by atoms with Crippen molar-refractivity contribution < 1.29 is 23.5 Å². The molecule has 5 atom stereocenters. The van der Waals surface area contributed by atoms with Gasteiger partial charge in [0, 0.05) is 10.6 Å². The molecule has 4 heterocycles. The number of imidazole rings is 1. The molecule has 0 saturated carbocycles. The van der Waals surface area contributed by atoms with Crippen LogP contribution in [0.5, 0.6) is 0 Å². The number of fused-ring (bicyclic) bond motifs is 2. The highest BCUT2D eigenvalue weighted by Crippen LogP contribution is 2.44. The van der Waals surface area contributed by atoms with Gasteiger partial charge in [0.2, 0.25) is 5.95 Å². The number of H-pyrrole nitrogens is 1. The van der Waals surface area contributed by atoms with Gasteiger partial charge < -0.3 is 24.6 Å². The summed E-state index contributed by atoms with van der Waals surface area (Å²) in [5, 5.41) is 11.4. The molecule has 0 spiro atoms. The Morgan fingerprint density at radius 2 is 2.07 bits per heavy atom. The Hall–Kier alpha value is -2.27. The molecule has 1 aromatic carbocycles. The van der Waals surface area contributed by atoms with E-state index < -0.39 is 38.4 Å². The number of hydrogen-bond donors (Lipinski definition) is 3. The predicted molar refractivity (Wildman–Crippen MR) is 103 cm³/mol. The fourth-order valence-electron chi connectivity index (χ4n) is 3.55. The maximum Gasteiger partial charge on any atom is 0.319 e. The van der Waals surface area contributed by atoms with Crippen LogP contribution in [0, 0.1) is 0 Å². The normalized spacial score (nSPS) is 29.2. The molecule has 2 aliphatic rings. The van der Waals surface area contributed by atoms with E-state index in [9.17, 15) is 14.5 Å². The number of halogens is 1. The van der Waals surface area contributed by atoms with Gasteiger partial charge in [0.1, 0.15) is 24.1 Å². The number of aromatic nitrogens is 4. The second-order valence-corrected chi connectivity index (χ2v) is 8.10. The number of nitrogens with two attached hydrogens (primary N) is 1.